The van der Waals surface area contributed by atoms with E-state index in [1.807, 2.05) is 48.7 Å². The third kappa shape index (κ3) is 3.75. The van der Waals surface area contributed by atoms with Crippen molar-refractivity contribution in [2.75, 3.05) is 12.3 Å². The average Bonchev–Trinajstić information content (AvgIpc) is 3.31. The number of nitriles is 1. The first-order valence-electron chi connectivity index (χ1n) is 8.96. The molecule has 0 radical (unpaired) electrons. The van der Waals surface area contributed by atoms with Crippen molar-refractivity contribution in [3.8, 4) is 6.07 Å². The summed E-state index contributed by atoms with van der Waals surface area (Å²) in [5.41, 5.74) is 9.44. The van der Waals surface area contributed by atoms with Crippen LogP contribution in [-0.2, 0) is 11.3 Å². The van der Waals surface area contributed by atoms with E-state index < -0.39 is 0 Å². The van der Waals surface area contributed by atoms with Gasteiger partial charge in [0.2, 0.25) is 0 Å². The SMILES string of the molecule is CCOC(C)n1cc(/C(=N/N)c2c(C#N)cn(Cc3ccccc3)c2N)cn1. The van der Waals surface area contributed by atoms with E-state index in [1.165, 1.54) is 0 Å². The molecule has 4 N–H and O–H groups in total. The molecular weight excluding hydrogens is 354 g/mol. The van der Waals surface area contributed by atoms with Crippen LogP contribution < -0.4 is 11.6 Å². The first kappa shape index (κ1) is 19.2. The van der Waals surface area contributed by atoms with Crippen molar-refractivity contribution in [2.24, 2.45) is 10.9 Å². The lowest BCUT2D eigenvalue weighted by Crippen LogP contribution is -2.12. The lowest BCUT2D eigenvalue weighted by molar-refractivity contribution is 0.0159. The monoisotopic (exact) mass is 377 g/mol. The van der Waals surface area contributed by atoms with Crippen LogP contribution in [0.25, 0.3) is 0 Å². The first-order chi connectivity index (χ1) is 13.6. The second-order valence-corrected chi connectivity index (χ2v) is 6.27. The number of hydrazone groups is 1. The van der Waals surface area contributed by atoms with Gasteiger partial charge in [-0.3, -0.25) is 0 Å². The Balaban J connectivity index is 1.98. The predicted molar refractivity (Wildman–Crippen MR) is 107 cm³/mol. The van der Waals surface area contributed by atoms with Gasteiger partial charge in [-0.15, -0.1) is 0 Å². The molecule has 0 saturated carbocycles. The lowest BCUT2D eigenvalue weighted by atomic mass is 10.0. The molecule has 8 nitrogen and oxygen atoms in total. The number of nitrogens with two attached hydrogens (primary N) is 2. The maximum Gasteiger partial charge on any atom is 0.147 e. The highest BCUT2D eigenvalue weighted by Crippen LogP contribution is 2.25. The van der Waals surface area contributed by atoms with Crippen LogP contribution in [0, 0.1) is 11.3 Å². The zero-order valence-electron chi connectivity index (χ0n) is 15.9. The summed E-state index contributed by atoms with van der Waals surface area (Å²) in [5, 5.41) is 17.9. The fourth-order valence-electron chi connectivity index (χ4n) is 3.08. The molecule has 0 aliphatic rings. The molecule has 1 unspecified atom stereocenters. The summed E-state index contributed by atoms with van der Waals surface area (Å²) in [6, 6.07) is 12.1. The smallest absolute Gasteiger partial charge is 0.147 e. The van der Waals surface area contributed by atoms with Crippen molar-refractivity contribution in [1.29, 1.82) is 5.26 Å². The number of nitrogens with zero attached hydrogens (tertiary/aromatic N) is 5. The van der Waals surface area contributed by atoms with Gasteiger partial charge in [-0.05, 0) is 19.4 Å². The van der Waals surface area contributed by atoms with Crippen LogP contribution in [0.3, 0.4) is 0 Å². The highest BCUT2D eigenvalue weighted by Gasteiger charge is 2.22. The Morgan fingerprint density at radius 3 is 2.71 bits per heavy atom. The number of hydrogen-bond acceptors (Lipinski definition) is 6. The Hall–Kier alpha value is -3.57. The number of ether oxygens (including phenoxy) is 1. The van der Waals surface area contributed by atoms with E-state index in [0.29, 0.717) is 41.4 Å². The van der Waals surface area contributed by atoms with Crippen molar-refractivity contribution in [3.05, 3.63) is 71.2 Å². The number of benzene rings is 1. The van der Waals surface area contributed by atoms with Gasteiger partial charge in [0.1, 0.15) is 23.8 Å². The molecule has 1 atom stereocenters. The van der Waals surface area contributed by atoms with Crippen LogP contribution in [0.2, 0.25) is 0 Å². The number of aromatic nitrogens is 3. The standard InChI is InChI=1S/C20H23N7O/c1-3-28-14(2)27-13-17(10-24-27)19(25-23)18-16(9-21)12-26(20(18)22)11-15-7-5-4-6-8-15/h4-8,10,12-14H,3,11,22-23H2,1-2H3/b25-19-. The maximum atomic E-state index is 9.62. The van der Waals surface area contributed by atoms with Crippen molar-refractivity contribution < 1.29 is 4.74 Å². The molecule has 0 saturated heterocycles. The molecule has 0 amide bonds. The van der Waals surface area contributed by atoms with E-state index in [2.05, 4.69) is 16.3 Å². The van der Waals surface area contributed by atoms with Crippen LogP contribution in [-0.4, -0.2) is 26.7 Å². The molecule has 28 heavy (non-hydrogen) atoms. The summed E-state index contributed by atoms with van der Waals surface area (Å²) in [7, 11) is 0. The highest BCUT2D eigenvalue weighted by molar-refractivity contribution is 6.16. The van der Waals surface area contributed by atoms with Crippen molar-refractivity contribution in [2.45, 2.75) is 26.6 Å². The minimum atomic E-state index is -0.228. The van der Waals surface area contributed by atoms with Gasteiger partial charge in [-0.25, -0.2) is 4.68 Å². The largest absolute Gasteiger partial charge is 0.384 e. The van der Waals surface area contributed by atoms with Crippen molar-refractivity contribution >= 4 is 11.5 Å². The number of nitrogen functional groups attached to an aromatic ring is 1. The zero-order valence-corrected chi connectivity index (χ0v) is 15.9. The predicted octanol–water partition coefficient (Wildman–Crippen LogP) is 2.45. The van der Waals surface area contributed by atoms with Crippen LogP contribution >= 0.6 is 0 Å². The minimum Gasteiger partial charge on any atom is -0.384 e. The van der Waals surface area contributed by atoms with E-state index in [1.54, 1.807) is 23.3 Å². The van der Waals surface area contributed by atoms with Crippen LogP contribution in [0.5, 0.6) is 0 Å². The molecule has 3 rings (SSSR count). The van der Waals surface area contributed by atoms with Gasteiger partial charge in [-0.1, -0.05) is 30.3 Å². The van der Waals surface area contributed by atoms with Gasteiger partial charge in [0.15, 0.2) is 0 Å². The average molecular weight is 377 g/mol. The van der Waals surface area contributed by atoms with E-state index in [-0.39, 0.29) is 6.23 Å². The second-order valence-electron chi connectivity index (χ2n) is 6.27. The molecule has 0 bridgehead atoms. The molecule has 0 aliphatic carbocycles. The lowest BCUT2D eigenvalue weighted by Gasteiger charge is -2.11. The minimum absolute atomic E-state index is 0.228. The fourth-order valence-corrected chi connectivity index (χ4v) is 3.08. The molecule has 1 aromatic carbocycles. The number of rotatable bonds is 7. The molecule has 144 valence electrons. The normalized spacial score (nSPS) is 12.7. The van der Waals surface area contributed by atoms with Crippen molar-refractivity contribution in [3.63, 3.8) is 0 Å². The Kier molecular flexibility index (Phi) is 5.77. The van der Waals surface area contributed by atoms with E-state index in [0.717, 1.165) is 5.56 Å². The summed E-state index contributed by atoms with van der Waals surface area (Å²) in [5.74, 6) is 6.11. The summed E-state index contributed by atoms with van der Waals surface area (Å²) < 4.78 is 9.04. The molecule has 2 heterocycles. The molecular formula is C20H23N7O. The first-order valence-corrected chi connectivity index (χ1v) is 8.96. The molecule has 0 aliphatic heterocycles. The zero-order chi connectivity index (χ0) is 20.1. The Bertz CT molecular complexity index is 1010. The highest BCUT2D eigenvalue weighted by atomic mass is 16.5. The van der Waals surface area contributed by atoms with Gasteiger partial charge >= 0.3 is 0 Å². The summed E-state index contributed by atoms with van der Waals surface area (Å²) in [6.07, 6.45) is 4.90. The summed E-state index contributed by atoms with van der Waals surface area (Å²) >= 11 is 0. The van der Waals surface area contributed by atoms with Crippen LogP contribution in [0.15, 0.2) is 54.0 Å². The van der Waals surface area contributed by atoms with Gasteiger partial charge in [-0.2, -0.15) is 15.5 Å². The van der Waals surface area contributed by atoms with Gasteiger partial charge in [0.05, 0.1) is 17.3 Å². The van der Waals surface area contributed by atoms with Gasteiger partial charge in [0, 0.05) is 31.1 Å². The van der Waals surface area contributed by atoms with E-state index in [9.17, 15) is 5.26 Å². The number of hydrogen-bond donors (Lipinski definition) is 2. The Morgan fingerprint density at radius 1 is 1.32 bits per heavy atom. The maximum absolute atomic E-state index is 9.62. The van der Waals surface area contributed by atoms with Gasteiger partial charge < -0.3 is 20.9 Å². The molecule has 2 aromatic heterocycles. The van der Waals surface area contributed by atoms with E-state index in [4.69, 9.17) is 16.3 Å². The van der Waals surface area contributed by atoms with Gasteiger partial charge in [0.25, 0.3) is 0 Å². The van der Waals surface area contributed by atoms with E-state index >= 15 is 0 Å². The quantitative estimate of drug-likeness (QED) is 0.372. The van der Waals surface area contributed by atoms with Crippen molar-refractivity contribution in [1.82, 2.24) is 14.3 Å². The fraction of sp³-hybridized carbons (Fsp3) is 0.250. The number of anilines is 1. The molecule has 0 spiro atoms. The van der Waals surface area contributed by atoms with Crippen LogP contribution in [0.4, 0.5) is 5.82 Å². The topological polar surface area (TPSA) is 120 Å². The Labute approximate surface area is 163 Å². The summed E-state index contributed by atoms with van der Waals surface area (Å²) in [6.45, 7) is 4.93. The third-order valence-corrected chi connectivity index (χ3v) is 4.46. The molecule has 0 fully saturated rings. The molecule has 3 aromatic rings. The third-order valence-electron chi connectivity index (χ3n) is 4.46. The second kappa shape index (κ2) is 8.41. The Morgan fingerprint density at radius 2 is 2.07 bits per heavy atom. The molecule has 8 heteroatoms. The summed E-state index contributed by atoms with van der Waals surface area (Å²) in [4.78, 5) is 0. The van der Waals surface area contributed by atoms with Crippen LogP contribution in [0.1, 0.15) is 42.3 Å².